The molecule has 0 radical (unpaired) electrons. The summed E-state index contributed by atoms with van der Waals surface area (Å²) >= 11 is 0. The van der Waals surface area contributed by atoms with Gasteiger partial charge in [-0.3, -0.25) is 0 Å². The van der Waals surface area contributed by atoms with E-state index in [4.69, 9.17) is 0 Å². The van der Waals surface area contributed by atoms with Crippen molar-refractivity contribution in [2.75, 3.05) is 0 Å². The Morgan fingerprint density at radius 1 is 1.18 bits per heavy atom. The highest BCUT2D eigenvalue weighted by atomic mass is 14.9. The molecule has 17 heavy (non-hydrogen) atoms. The summed E-state index contributed by atoms with van der Waals surface area (Å²) in [5.74, 6) is 0. The van der Waals surface area contributed by atoms with E-state index >= 15 is 0 Å². The summed E-state index contributed by atoms with van der Waals surface area (Å²) in [5, 5.41) is 2.45. The molecule has 1 heterocycles. The minimum absolute atomic E-state index is 0.930. The van der Waals surface area contributed by atoms with E-state index in [1.807, 2.05) is 25.2 Å². The lowest BCUT2D eigenvalue weighted by Gasteiger charge is -2.02. The summed E-state index contributed by atoms with van der Waals surface area (Å²) in [6.45, 7) is 14.0. The monoisotopic (exact) mass is 225 g/mol. The molecule has 2 heteroatoms. The van der Waals surface area contributed by atoms with E-state index in [0.29, 0.717) is 0 Å². The van der Waals surface area contributed by atoms with Crippen LogP contribution in [-0.4, -0.2) is 11.9 Å². The zero-order valence-electron chi connectivity index (χ0n) is 11.0. The van der Waals surface area contributed by atoms with Crippen molar-refractivity contribution in [3.63, 3.8) is 0 Å². The number of hydrogen-bond acceptors (Lipinski definition) is 0. The Balaban J connectivity index is 3.86. The summed E-state index contributed by atoms with van der Waals surface area (Å²) in [5.41, 5.74) is 2.31. The standard InChI is InChI=1S/C15H20BN/c1-6-10-11-15-13(8-3)12(7-2)14(9-4)17(15)16-5/h6-11,16H,2,4H2,1,3,5H3/b10-6-,13-8-,15-11+. The smallest absolute Gasteiger partial charge is 0.239 e. The van der Waals surface area contributed by atoms with Crippen molar-refractivity contribution in [1.29, 1.82) is 0 Å². The van der Waals surface area contributed by atoms with Gasteiger partial charge in [0.25, 0.3) is 0 Å². The SMILES string of the molecule is C=Cc1c(C=C)n(BC)c(=C/C=C\C)/c1=C\C. The van der Waals surface area contributed by atoms with Crippen LogP contribution < -0.4 is 10.6 Å². The van der Waals surface area contributed by atoms with Crippen molar-refractivity contribution in [1.82, 2.24) is 4.48 Å². The summed E-state index contributed by atoms with van der Waals surface area (Å²) in [4.78, 5) is 0. The first-order valence-electron chi connectivity index (χ1n) is 6.01. The lowest BCUT2D eigenvalue weighted by molar-refractivity contribution is 1.14. The highest BCUT2D eigenvalue weighted by Gasteiger charge is 2.07. The van der Waals surface area contributed by atoms with Gasteiger partial charge in [0.1, 0.15) is 0 Å². The fourth-order valence-electron chi connectivity index (χ4n) is 2.14. The van der Waals surface area contributed by atoms with Crippen LogP contribution in [0.15, 0.2) is 25.3 Å². The molecule has 0 amide bonds. The van der Waals surface area contributed by atoms with E-state index in [2.05, 4.69) is 49.6 Å². The molecule has 0 aliphatic rings. The van der Waals surface area contributed by atoms with Crippen molar-refractivity contribution in [3.05, 3.63) is 47.1 Å². The van der Waals surface area contributed by atoms with Crippen molar-refractivity contribution in [3.8, 4) is 0 Å². The molecule has 1 aromatic heterocycles. The second kappa shape index (κ2) is 6.14. The van der Waals surface area contributed by atoms with E-state index in [0.717, 1.165) is 13.1 Å². The molecule has 1 rings (SSSR count). The van der Waals surface area contributed by atoms with Gasteiger partial charge in [-0.1, -0.05) is 44.3 Å². The fourth-order valence-corrected chi connectivity index (χ4v) is 2.14. The predicted molar refractivity (Wildman–Crippen MR) is 81.7 cm³/mol. The summed E-state index contributed by atoms with van der Waals surface area (Å²) < 4.78 is 2.26. The van der Waals surface area contributed by atoms with Gasteiger partial charge in [-0.25, -0.2) is 0 Å². The molecule has 1 nitrogen and oxygen atoms in total. The normalized spacial score (nSPS) is 13.4. The molecule has 0 atom stereocenters. The van der Waals surface area contributed by atoms with Gasteiger partial charge in [-0.2, -0.15) is 0 Å². The van der Waals surface area contributed by atoms with E-state index in [1.165, 1.54) is 16.1 Å². The van der Waals surface area contributed by atoms with E-state index in [1.54, 1.807) is 0 Å². The van der Waals surface area contributed by atoms with Gasteiger partial charge in [0, 0.05) is 21.8 Å². The number of aromatic nitrogens is 1. The molecule has 0 spiro atoms. The highest BCUT2D eigenvalue weighted by Crippen LogP contribution is 2.05. The van der Waals surface area contributed by atoms with Crippen molar-refractivity contribution in [2.24, 2.45) is 0 Å². The summed E-state index contributed by atoms with van der Waals surface area (Å²) in [6.07, 6.45) is 12.2. The van der Waals surface area contributed by atoms with Crippen LogP contribution in [0.2, 0.25) is 6.82 Å². The maximum Gasteiger partial charge on any atom is 0.239 e. The Morgan fingerprint density at radius 2 is 1.88 bits per heavy atom. The molecular formula is C15H20BN. The Bertz CT molecular complexity index is 559. The Morgan fingerprint density at radius 3 is 2.29 bits per heavy atom. The fraction of sp³-hybridized carbons (Fsp3) is 0.200. The lowest BCUT2D eigenvalue weighted by Crippen LogP contribution is -2.31. The summed E-state index contributed by atoms with van der Waals surface area (Å²) in [7, 11) is 0.930. The molecule has 0 saturated heterocycles. The predicted octanol–water partition coefficient (Wildman–Crippen LogP) is 2.18. The van der Waals surface area contributed by atoms with Gasteiger partial charge in [0.2, 0.25) is 7.41 Å². The third-order valence-corrected chi connectivity index (χ3v) is 2.87. The van der Waals surface area contributed by atoms with Crippen molar-refractivity contribution >= 4 is 31.7 Å². The number of rotatable bonds is 4. The zero-order chi connectivity index (χ0) is 12.8. The van der Waals surface area contributed by atoms with Crippen LogP contribution in [0, 0.1) is 0 Å². The van der Waals surface area contributed by atoms with Crippen LogP contribution in [0.5, 0.6) is 0 Å². The topological polar surface area (TPSA) is 4.93 Å². The average Bonchev–Trinajstić information content (AvgIpc) is 2.67. The molecule has 0 N–H and O–H groups in total. The van der Waals surface area contributed by atoms with Gasteiger partial charge in [0.05, 0.1) is 0 Å². The number of hydrogen-bond donors (Lipinski definition) is 0. The second-order valence-corrected chi connectivity index (χ2v) is 3.73. The number of nitrogens with zero attached hydrogens (tertiary/aromatic N) is 1. The third-order valence-electron chi connectivity index (χ3n) is 2.87. The molecule has 0 unspecified atom stereocenters. The first-order chi connectivity index (χ1) is 8.24. The maximum atomic E-state index is 3.90. The van der Waals surface area contributed by atoms with Gasteiger partial charge in [-0.05, 0) is 26.0 Å². The lowest BCUT2D eigenvalue weighted by atomic mass is 9.98. The van der Waals surface area contributed by atoms with Crippen LogP contribution in [0.25, 0.3) is 24.3 Å². The zero-order valence-corrected chi connectivity index (χ0v) is 11.0. The summed E-state index contributed by atoms with van der Waals surface area (Å²) in [6, 6.07) is 0. The molecular weight excluding hydrogens is 205 g/mol. The Kier molecular flexibility index (Phi) is 4.83. The average molecular weight is 225 g/mol. The van der Waals surface area contributed by atoms with Crippen molar-refractivity contribution < 1.29 is 0 Å². The first kappa shape index (κ1) is 13.4. The van der Waals surface area contributed by atoms with E-state index in [-0.39, 0.29) is 0 Å². The van der Waals surface area contributed by atoms with Gasteiger partial charge in [0.15, 0.2) is 0 Å². The minimum atomic E-state index is 0.930. The minimum Gasteiger partial charge on any atom is -0.389 e. The Labute approximate surface area is 104 Å². The molecule has 0 aliphatic carbocycles. The number of allylic oxidation sites excluding steroid dienone is 2. The quantitative estimate of drug-likeness (QED) is 0.692. The molecule has 0 saturated carbocycles. The molecule has 0 aromatic carbocycles. The third kappa shape index (κ3) is 2.36. The van der Waals surface area contributed by atoms with E-state index < -0.39 is 0 Å². The Hall–Kier alpha value is -1.70. The van der Waals surface area contributed by atoms with Crippen LogP contribution in [-0.2, 0) is 0 Å². The van der Waals surface area contributed by atoms with Gasteiger partial charge < -0.3 is 4.48 Å². The molecule has 0 fully saturated rings. The van der Waals surface area contributed by atoms with Crippen LogP contribution in [0.1, 0.15) is 25.1 Å². The van der Waals surface area contributed by atoms with Crippen molar-refractivity contribution in [2.45, 2.75) is 20.7 Å². The molecule has 0 bridgehead atoms. The van der Waals surface area contributed by atoms with Gasteiger partial charge in [-0.15, -0.1) is 0 Å². The van der Waals surface area contributed by atoms with E-state index in [9.17, 15) is 0 Å². The van der Waals surface area contributed by atoms with Crippen LogP contribution >= 0.6 is 0 Å². The molecule has 88 valence electrons. The van der Waals surface area contributed by atoms with Gasteiger partial charge >= 0.3 is 0 Å². The largest absolute Gasteiger partial charge is 0.389 e. The second-order valence-electron chi connectivity index (χ2n) is 3.73. The molecule has 1 aromatic rings. The van der Waals surface area contributed by atoms with Crippen LogP contribution in [0.3, 0.4) is 0 Å². The highest BCUT2D eigenvalue weighted by molar-refractivity contribution is 6.32. The maximum absolute atomic E-state index is 3.90. The molecule has 0 aliphatic heterocycles. The van der Waals surface area contributed by atoms with Crippen LogP contribution in [0.4, 0.5) is 0 Å². The first-order valence-corrected chi connectivity index (χ1v) is 6.01.